The second-order valence-electron chi connectivity index (χ2n) is 5.67. The number of hydrogen-bond donors (Lipinski definition) is 2. The van der Waals surface area contributed by atoms with Gasteiger partial charge in [0, 0.05) is 5.41 Å². The maximum atomic E-state index is 12.4. The van der Waals surface area contributed by atoms with Gasteiger partial charge in [-0.2, -0.15) is 21.6 Å². The lowest BCUT2D eigenvalue weighted by Gasteiger charge is -2.19. The zero-order chi connectivity index (χ0) is 18.9. The second kappa shape index (κ2) is 6.30. The highest BCUT2D eigenvalue weighted by Gasteiger charge is 2.49. The number of aromatic carboxylic acids is 1. The van der Waals surface area contributed by atoms with Gasteiger partial charge in [0.1, 0.15) is 5.56 Å². The number of anilines is 1. The molecule has 0 aliphatic rings. The van der Waals surface area contributed by atoms with Crippen molar-refractivity contribution in [3.8, 4) is 5.75 Å². The van der Waals surface area contributed by atoms with E-state index < -0.39 is 49.9 Å². The molecule has 1 aromatic carbocycles. The lowest BCUT2D eigenvalue weighted by Crippen LogP contribution is -2.30. The molecule has 0 unspecified atom stereocenters. The normalized spacial score (nSPS) is 12.6. The van der Waals surface area contributed by atoms with Crippen LogP contribution in [0.2, 0.25) is 0 Å². The molecule has 0 heterocycles. The van der Waals surface area contributed by atoms with Crippen molar-refractivity contribution in [3.63, 3.8) is 0 Å². The monoisotopic (exact) mass is 369 g/mol. The molecule has 0 spiro atoms. The Hall–Kier alpha value is -2.30. The van der Waals surface area contributed by atoms with E-state index in [2.05, 4.69) is 9.50 Å². The highest BCUT2D eigenvalue weighted by Crippen LogP contribution is 2.33. The van der Waals surface area contributed by atoms with E-state index in [0.29, 0.717) is 0 Å². The number of alkyl halides is 3. The fourth-order valence-electron chi connectivity index (χ4n) is 1.40. The molecule has 0 radical (unpaired) electrons. The van der Waals surface area contributed by atoms with Crippen LogP contribution in [0.3, 0.4) is 0 Å². The predicted octanol–water partition coefficient (Wildman–Crippen LogP) is 2.60. The summed E-state index contributed by atoms with van der Waals surface area (Å²) >= 11 is 0. The Kier molecular flexibility index (Phi) is 5.19. The van der Waals surface area contributed by atoms with Crippen LogP contribution in [0.1, 0.15) is 31.1 Å². The van der Waals surface area contributed by atoms with Gasteiger partial charge in [-0.3, -0.25) is 4.79 Å². The molecular weight excluding hydrogens is 355 g/mol. The van der Waals surface area contributed by atoms with Crippen molar-refractivity contribution in [1.29, 1.82) is 0 Å². The minimum atomic E-state index is -6.06. The Morgan fingerprint density at radius 1 is 1.17 bits per heavy atom. The molecule has 1 aromatic rings. The molecule has 0 aromatic heterocycles. The van der Waals surface area contributed by atoms with E-state index in [9.17, 15) is 31.2 Å². The quantitative estimate of drug-likeness (QED) is 0.624. The van der Waals surface area contributed by atoms with Gasteiger partial charge in [-0.1, -0.05) is 26.8 Å². The van der Waals surface area contributed by atoms with Gasteiger partial charge in [-0.05, 0) is 12.1 Å². The summed E-state index contributed by atoms with van der Waals surface area (Å²) < 4.78 is 63.2. The first-order valence-electron chi connectivity index (χ1n) is 6.35. The number of amides is 1. The average molecular weight is 369 g/mol. The minimum absolute atomic E-state index is 0.391. The number of rotatable bonds is 4. The van der Waals surface area contributed by atoms with Gasteiger partial charge in [0.2, 0.25) is 5.91 Å². The summed E-state index contributed by atoms with van der Waals surface area (Å²) in [5, 5.41) is 11.4. The SMILES string of the molecule is CC(C)(C)C(=O)Nc1cccc(OS(=O)(=O)C(F)(F)F)c1C(=O)O. The van der Waals surface area contributed by atoms with Crippen LogP contribution in [0, 0.1) is 5.41 Å². The number of carboxylic acid groups (broad SMARTS) is 1. The highest BCUT2D eigenvalue weighted by atomic mass is 32.2. The molecule has 1 rings (SSSR count). The number of carboxylic acids is 1. The maximum absolute atomic E-state index is 12.4. The molecular formula is C13H14F3NO6S. The zero-order valence-corrected chi connectivity index (χ0v) is 13.6. The fourth-order valence-corrected chi connectivity index (χ4v) is 1.87. The Morgan fingerprint density at radius 3 is 2.12 bits per heavy atom. The molecule has 0 fully saturated rings. The van der Waals surface area contributed by atoms with Crippen molar-refractivity contribution < 1.29 is 40.5 Å². The third-order valence-corrected chi connectivity index (χ3v) is 3.62. The van der Waals surface area contributed by atoms with Crippen LogP contribution in [-0.4, -0.2) is 30.9 Å². The molecule has 2 N–H and O–H groups in total. The lowest BCUT2D eigenvalue weighted by atomic mass is 9.95. The standard InChI is InChI=1S/C13H14F3NO6S/c1-12(2,3)11(20)17-7-5-4-6-8(9(7)10(18)19)23-24(21,22)13(14,15)16/h4-6H,1-3H3,(H,17,20)(H,18,19). The molecule has 24 heavy (non-hydrogen) atoms. The molecule has 11 heteroatoms. The summed E-state index contributed by atoms with van der Waals surface area (Å²) in [6.45, 7) is 4.58. The first-order valence-corrected chi connectivity index (χ1v) is 7.76. The molecule has 1 amide bonds. The second-order valence-corrected chi connectivity index (χ2v) is 7.21. The van der Waals surface area contributed by atoms with Crippen molar-refractivity contribution in [3.05, 3.63) is 23.8 Å². The molecule has 7 nitrogen and oxygen atoms in total. The first-order chi connectivity index (χ1) is 10.7. The van der Waals surface area contributed by atoms with E-state index >= 15 is 0 Å². The molecule has 0 aliphatic heterocycles. The van der Waals surface area contributed by atoms with Crippen LogP contribution in [0.15, 0.2) is 18.2 Å². The van der Waals surface area contributed by atoms with Crippen molar-refractivity contribution in [2.75, 3.05) is 5.32 Å². The Labute approximate surface area is 135 Å². The number of nitrogens with one attached hydrogen (secondary N) is 1. The van der Waals surface area contributed by atoms with E-state index in [1.54, 1.807) is 0 Å². The number of benzene rings is 1. The summed E-state index contributed by atoms with van der Waals surface area (Å²) in [6, 6.07) is 2.88. The smallest absolute Gasteiger partial charge is 0.477 e. The topological polar surface area (TPSA) is 110 Å². The van der Waals surface area contributed by atoms with Gasteiger partial charge in [0.25, 0.3) is 0 Å². The summed E-state index contributed by atoms with van der Waals surface area (Å²) in [5.41, 5.74) is -7.96. The number of carbonyl (C=O) groups excluding carboxylic acids is 1. The number of halogens is 3. The van der Waals surface area contributed by atoms with E-state index in [1.165, 1.54) is 20.8 Å². The number of hydrogen-bond acceptors (Lipinski definition) is 5. The van der Waals surface area contributed by atoms with Gasteiger partial charge in [0.05, 0.1) is 5.69 Å². The van der Waals surface area contributed by atoms with Crippen LogP contribution in [0.4, 0.5) is 18.9 Å². The summed E-state index contributed by atoms with van der Waals surface area (Å²) in [7, 11) is -6.06. The van der Waals surface area contributed by atoms with Crippen molar-refractivity contribution in [1.82, 2.24) is 0 Å². The van der Waals surface area contributed by atoms with E-state index in [-0.39, 0.29) is 0 Å². The van der Waals surface area contributed by atoms with Crippen molar-refractivity contribution >= 4 is 27.7 Å². The third-order valence-electron chi connectivity index (χ3n) is 2.65. The molecule has 0 atom stereocenters. The van der Waals surface area contributed by atoms with E-state index in [4.69, 9.17) is 5.11 Å². The molecule has 0 bridgehead atoms. The van der Waals surface area contributed by atoms with Gasteiger partial charge >= 0.3 is 21.6 Å². The van der Waals surface area contributed by atoms with Crippen molar-refractivity contribution in [2.45, 2.75) is 26.3 Å². The van der Waals surface area contributed by atoms with Crippen LogP contribution < -0.4 is 9.50 Å². The molecule has 0 saturated carbocycles. The Balaban J connectivity index is 3.38. The van der Waals surface area contributed by atoms with E-state index in [0.717, 1.165) is 18.2 Å². The average Bonchev–Trinajstić information content (AvgIpc) is 2.35. The molecule has 0 saturated heterocycles. The molecule has 0 aliphatic carbocycles. The highest BCUT2D eigenvalue weighted by molar-refractivity contribution is 7.88. The minimum Gasteiger partial charge on any atom is -0.477 e. The third kappa shape index (κ3) is 4.37. The van der Waals surface area contributed by atoms with Crippen molar-refractivity contribution in [2.24, 2.45) is 5.41 Å². The lowest BCUT2D eigenvalue weighted by molar-refractivity contribution is -0.123. The largest absolute Gasteiger partial charge is 0.534 e. The van der Waals surface area contributed by atoms with Crippen LogP contribution in [-0.2, 0) is 14.9 Å². The molecule has 134 valence electrons. The summed E-state index contributed by atoms with van der Waals surface area (Å²) in [5.74, 6) is -3.46. The van der Waals surface area contributed by atoms with Crippen LogP contribution >= 0.6 is 0 Å². The fraction of sp³-hybridized carbons (Fsp3) is 0.385. The van der Waals surface area contributed by atoms with Gasteiger partial charge < -0.3 is 14.6 Å². The predicted molar refractivity (Wildman–Crippen MR) is 77.1 cm³/mol. The van der Waals surface area contributed by atoms with Crippen LogP contribution in [0.5, 0.6) is 5.75 Å². The Morgan fingerprint density at radius 2 is 1.71 bits per heavy atom. The van der Waals surface area contributed by atoms with Gasteiger partial charge in [-0.25, -0.2) is 4.79 Å². The summed E-state index contributed by atoms with van der Waals surface area (Å²) in [4.78, 5) is 23.2. The van der Waals surface area contributed by atoms with Crippen LogP contribution in [0.25, 0.3) is 0 Å². The number of carbonyl (C=O) groups is 2. The summed E-state index contributed by atoms with van der Waals surface area (Å²) in [6.07, 6.45) is 0. The zero-order valence-electron chi connectivity index (χ0n) is 12.8. The first kappa shape index (κ1) is 19.7. The van der Waals surface area contributed by atoms with Gasteiger partial charge in [0.15, 0.2) is 5.75 Å². The van der Waals surface area contributed by atoms with E-state index in [1.807, 2.05) is 0 Å². The maximum Gasteiger partial charge on any atom is 0.534 e. The Bertz CT molecular complexity index is 765. The van der Waals surface area contributed by atoms with Gasteiger partial charge in [-0.15, -0.1) is 0 Å².